The average molecular weight is 310 g/mol. The topological polar surface area (TPSA) is 32.6 Å². The van der Waals surface area contributed by atoms with E-state index in [1.54, 1.807) is 24.4 Å². The Labute approximate surface area is 121 Å². The van der Waals surface area contributed by atoms with Gasteiger partial charge in [0.1, 0.15) is 13.6 Å². The summed E-state index contributed by atoms with van der Waals surface area (Å²) < 4.78 is 0.534. The van der Waals surface area contributed by atoms with Crippen molar-refractivity contribution in [3.8, 4) is 18.1 Å². The fourth-order valence-corrected chi connectivity index (χ4v) is 2.05. The van der Waals surface area contributed by atoms with Crippen molar-refractivity contribution in [1.29, 1.82) is 0 Å². The third kappa shape index (κ3) is 3.27. The largest absolute Gasteiger partial charge is 0.506 e. The Hall–Kier alpha value is -1.99. The predicted octanol–water partition coefficient (Wildman–Crippen LogP) is 2.68. The fourth-order valence-electron chi connectivity index (χ4n) is 1.56. The van der Waals surface area contributed by atoms with E-state index < -0.39 is 0 Å². The third-order valence-corrected chi connectivity index (χ3v) is 3.09. The fraction of sp³-hybridized carbons (Fsp3) is 0. The van der Waals surface area contributed by atoms with Crippen molar-refractivity contribution in [2.75, 3.05) is 0 Å². The minimum absolute atomic E-state index is 0.103. The zero-order valence-electron chi connectivity index (χ0n) is 9.97. The first-order valence-electron chi connectivity index (χ1n) is 5.49. The molecule has 0 spiro atoms. The van der Waals surface area contributed by atoms with Gasteiger partial charge in [-0.05, 0) is 34.1 Å². The van der Waals surface area contributed by atoms with Crippen molar-refractivity contribution in [3.63, 3.8) is 0 Å². The van der Waals surface area contributed by atoms with Crippen LogP contribution in [0.2, 0.25) is 0 Å². The van der Waals surface area contributed by atoms with Gasteiger partial charge in [0.15, 0.2) is 0 Å². The molecule has 0 saturated carbocycles. The van der Waals surface area contributed by atoms with Gasteiger partial charge >= 0.3 is 0 Å². The predicted molar refractivity (Wildman–Crippen MR) is 82.8 cm³/mol. The number of hydrogen-bond donors (Lipinski definition) is 1. The Kier molecular flexibility index (Phi) is 4.08. The van der Waals surface area contributed by atoms with Crippen molar-refractivity contribution in [1.82, 2.24) is 0 Å². The van der Waals surface area contributed by atoms with Crippen molar-refractivity contribution >= 4 is 41.1 Å². The number of rotatable bonds is 2. The molecule has 2 radical (unpaired) electrons. The second kappa shape index (κ2) is 5.77. The summed E-state index contributed by atoms with van der Waals surface area (Å²) in [5, 5.41) is 9.87. The van der Waals surface area contributed by atoms with Crippen LogP contribution in [0.3, 0.4) is 0 Å². The van der Waals surface area contributed by atoms with Crippen LogP contribution in [-0.2, 0) is 0 Å². The van der Waals surface area contributed by atoms with E-state index in [9.17, 15) is 5.11 Å². The van der Waals surface area contributed by atoms with Gasteiger partial charge in [0.25, 0.3) is 0 Å². The molecule has 90 valence electrons. The van der Waals surface area contributed by atoms with Crippen LogP contribution in [0.5, 0.6) is 5.75 Å². The average Bonchev–Trinajstić information content (AvgIpc) is 2.41. The molecule has 0 amide bonds. The zero-order chi connectivity index (χ0) is 13.8. The van der Waals surface area contributed by atoms with Crippen molar-refractivity contribution in [2.45, 2.75) is 0 Å². The molecule has 0 bridgehead atoms. The Morgan fingerprint density at radius 2 is 2.11 bits per heavy atom. The number of phenolic OH excluding ortho intramolecular Hbond substituents is 1. The van der Waals surface area contributed by atoms with E-state index in [1.807, 2.05) is 18.2 Å². The first-order valence-corrected chi connectivity index (χ1v) is 6.28. The summed E-state index contributed by atoms with van der Waals surface area (Å²) in [5.74, 6) is 2.65. The molecule has 0 atom stereocenters. The van der Waals surface area contributed by atoms with Gasteiger partial charge in [0.05, 0.1) is 10.2 Å². The van der Waals surface area contributed by atoms with E-state index in [0.717, 1.165) is 5.56 Å². The molecular formula is C15H9BBrNO. The molecule has 0 fully saturated rings. The summed E-state index contributed by atoms with van der Waals surface area (Å²) in [6.45, 7) is 0. The van der Waals surface area contributed by atoms with E-state index in [2.05, 4.69) is 26.8 Å². The maximum Gasteiger partial charge on any atom is 0.138 e. The number of aliphatic imine (C=N–C) groups is 1. The number of nitrogens with zero attached hydrogens (tertiary/aromatic N) is 1. The molecule has 1 N–H and O–H groups in total. The molecule has 0 aromatic heterocycles. The number of benzene rings is 2. The standard InChI is InChI=1S/C15H9BBrNO/c1-2-10-4-3-5-13(6-10)18-9-11-7-12(16)8-14(17)15(11)19/h1,3-9,19H. The van der Waals surface area contributed by atoms with E-state index in [4.69, 9.17) is 14.3 Å². The highest BCUT2D eigenvalue weighted by Gasteiger charge is 2.04. The Bertz CT molecular complexity index is 689. The Morgan fingerprint density at radius 1 is 1.32 bits per heavy atom. The summed E-state index contributed by atoms with van der Waals surface area (Å²) in [5.41, 5.74) is 2.56. The lowest BCUT2D eigenvalue weighted by Crippen LogP contribution is -2.03. The molecular weight excluding hydrogens is 301 g/mol. The van der Waals surface area contributed by atoms with Crippen molar-refractivity contribution < 1.29 is 5.11 Å². The maximum absolute atomic E-state index is 9.87. The number of terminal acetylenes is 1. The molecule has 2 rings (SSSR count). The molecule has 2 aromatic rings. The minimum Gasteiger partial charge on any atom is -0.506 e. The Balaban J connectivity index is 2.35. The quantitative estimate of drug-likeness (QED) is 0.516. The van der Waals surface area contributed by atoms with Crippen molar-refractivity contribution in [3.05, 3.63) is 52.0 Å². The van der Waals surface area contributed by atoms with Gasteiger partial charge in [-0.25, -0.2) is 0 Å². The highest BCUT2D eigenvalue weighted by atomic mass is 79.9. The van der Waals surface area contributed by atoms with Crippen LogP contribution >= 0.6 is 15.9 Å². The number of aromatic hydroxyl groups is 1. The highest BCUT2D eigenvalue weighted by molar-refractivity contribution is 9.10. The van der Waals surface area contributed by atoms with E-state index in [1.165, 1.54) is 0 Å². The SMILES string of the molecule is [B]c1cc(Br)c(O)c(C=Nc2cccc(C#C)c2)c1. The molecule has 2 nitrogen and oxygen atoms in total. The summed E-state index contributed by atoms with van der Waals surface area (Å²) in [4.78, 5) is 4.27. The van der Waals surface area contributed by atoms with Gasteiger partial charge < -0.3 is 5.11 Å². The number of halogens is 1. The molecule has 2 aromatic carbocycles. The van der Waals surface area contributed by atoms with E-state index in [0.29, 0.717) is 21.2 Å². The lowest BCUT2D eigenvalue weighted by Gasteiger charge is -2.04. The lowest BCUT2D eigenvalue weighted by atomic mass is 9.94. The second-order valence-electron chi connectivity index (χ2n) is 3.89. The van der Waals surface area contributed by atoms with Gasteiger partial charge in [-0.15, -0.1) is 6.42 Å². The molecule has 0 saturated heterocycles. The van der Waals surface area contributed by atoms with Crippen LogP contribution in [0, 0.1) is 12.3 Å². The third-order valence-electron chi connectivity index (χ3n) is 2.48. The second-order valence-corrected chi connectivity index (χ2v) is 4.75. The van der Waals surface area contributed by atoms with Crippen LogP contribution in [0.25, 0.3) is 0 Å². The molecule has 0 unspecified atom stereocenters. The minimum atomic E-state index is 0.103. The Morgan fingerprint density at radius 3 is 2.84 bits per heavy atom. The van der Waals surface area contributed by atoms with Gasteiger partial charge in [0, 0.05) is 17.3 Å². The number of hydrogen-bond acceptors (Lipinski definition) is 2. The first-order chi connectivity index (χ1) is 9.10. The van der Waals surface area contributed by atoms with Gasteiger partial charge in [-0.3, -0.25) is 4.99 Å². The maximum atomic E-state index is 9.87. The van der Waals surface area contributed by atoms with Crippen LogP contribution in [0.15, 0.2) is 45.9 Å². The summed E-state index contributed by atoms with van der Waals surface area (Å²) in [6, 6.07) is 10.6. The number of phenols is 1. The van der Waals surface area contributed by atoms with Gasteiger partial charge in [-0.1, -0.05) is 29.6 Å². The molecule has 0 aliphatic rings. The smallest absolute Gasteiger partial charge is 0.138 e. The van der Waals surface area contributed by atoms with E-state index in [-0.39, 0.29) is 5.75 Å². The van der Waals surface area contributed by atoms with E-state index >= 15 is 0 Å². The molecule has 19 heavy (non-hydrogen) atoms. The van der Waals surface area contributed by atoms with Crippen LogP contribution in [0.4, 0.5) is 5.69 Å². The van der Waals surface area contributed by atoms with Gasteiger partial charge in [0.2, 0.25) is 0 Å². The van der Waals surface area contributed by atoms with Crippen LogP contribution in [-0.4, -0.2) is 19.2 Å². The van der Waals surface area contributed by atoms with Crippen LogP contribution in [0.1, 0.15) is 11.1 Å². The summed E-state index contributed by atoms with van der Waals surface area (Å²) >= 11 is 3.23. The normalized spacial score (nSPS) is 10.5. The monoisotopic (exact) mass is 309 g/mol. The summed E-state index contributed by atoms with van der Waals surface area (Å²) in [7, 11) is 5.71. The molecule has 0 aliphatic heterocycles. The first kappa shape index (κ1) is 13.4. The van der Waals surface area contributed by atoms with Crippen LogP contribution < -0.4 is 5.46 Å². The van der Waals surface area contributed by atoms with Gasteiger partial charge in [-0.2, -0.15) is 0 Å². The highest BCUT2D eigenvalue weighted by Crippen LogP contribution is 2.25. The molecule has 0 aliphatic carbocycles. The van der Waals surface area contributed by atoms with Crippen molar-refractivity contribution in [2.24, 2.45) is 4.99 Å². The molecule has 4 heteroatoms. The molecule has 0 heterocycles. The summed E-state index contributed by atoms with van der Waals surface area (Å²) in [6.07, 6.45) is 6.87. The lowest BCUT2D eigenvalue weighted by molar-refractivity contribution is 0.471. The zero-order valence-corrected chi connectivity index (χ0v) is 11.6.